The van der Waals surface area contributed by atoms with Crippen LogP contribution in [0.3, 0.4) is 0 Å². The van der Waals surface area contributed by atoms with Crippen molar-refractivity contribution >= 4 is 23.2 Å². The number of carbonyl (C=O) groups excluding carboxylic acids is 2. The van der Waals surface area contributed by atoms with Gasteiger partial charge in [0.25, 0.3) is 11.6 Å². The molecule has 2 aromatic carbocycles. The van der Waals surface area contributed by atoms with Crippen molar-refractivity contribution in [3.63, 3.8) is 0 Å². The fraction of sp³-hybridized carbons (Fsp3) is 0.222. The second-order valence-corrected chi connectivity index (χ2v) is 6.18. The first-order valence-electron chi connectivity index (χ1n) is 8.21. The number of nitro groups is 1. The third kappa shape index (κ3) is 5.92. The van der Waals surface area contributed by atoms with Crippen LogP contribution < -0.4 is 16.0 Å². The number of amides is 2. The number of primary amides is 1. The maximum Gasteiger partial charge on any atom is 0.405 e. The minimum Gasteiger partial charge on any atom is -0.366 e. The van der Waals surface area contributed by atoms with E-state index < -0.39 is 29.5 Å². The van der Waals surface area contributed by atoms with Crippen molar-refractivity contribution in [1.82, 2.24) is 5.32 Å². The van der Waals surface area contributed by atoms with Gasteiger partial charge in [0.2, 0.25) is 5.91 Å². The lowest BCUT2D eigenvalue weighted by molar-refractivity contribution is -0.384. The van der Waals surface area contributed by atoms with Gasteiger partial charge in [-0.15, -0.1) is 0 Å². The van der Waals surface area contributed by atoms with Gasteiger partial charge in [-0.2, -0.15) is 13.2 Å². The molecule has 0 aliphatic rings. The van der Waals surface area contributed by atoms with Crippen LogP contribution in [0, 0.1) is 10.1 Å². The molecule has 29 heavy (non-hydrogen) atoms. The molecule has 0 atom stereocenters. The van der Waals surface area contributed by atoms with E-state index in [4.69, 9.17) is 5.73 Å². The molecule has 0 aliphatic carbocycles. The van der Waals surface area contributed by atoms with Crippen molar-refractivity contribution in [3.8, 4) is 0 Å². The number of nitro benzene ring substituents is 1. The standard InChI is InChI=1S/C18H17F3N4O4/c1-24(14-7-6-13(16(22)26)8-15(14)25(28)29)9-11-2-4-12(5-3-11)17(27)23-10-18(19,20)21/h2-8H,9-10H2,1H3,(H2,22,26)(H,23,27). The molecule has 2 aromatic rings. The summed E-state index contributed by atoms with van der Waals surface area (Å²) in [6, 6.07) is 9.64. The highest BCUT2D eigenvalue weighted by Gasteiger charge is 2.28. The van der Waals surface area contributed by atoms with Crippen LogP contribution in [0.15, 0.2) is 42.5 Å². The lowest BCUT2D eigenvalue weighted by Crippen LogP contribution is -2.33. The van der Waals surface area contributed by atoms with Gasteiger partial charge in [0.1, 0.15) is 12.2 Å². The van der Waals surface area contributed by atoms with Gasteiger partial charge in [0.15, 0.2) is 0 Å². The van der Waals surface area contributed by atoms with Gasteiger partial charge in [0.05, 0.1) is 4.92 Å². The number of carbonyl (C=O) groups is 2. The maximum absolute atomic E-state index is 12.2. The maximum atomic E-state index is 12.2. The summed E-state index contributed by atoms with van der Waals surface area (Å²) in [7, 11) is 1.59. The SMILES string of the molecule is CN(Cc1ccc(C(=O)NCC(F)(F)F)cc1)c1ccc(C(N)=O)cc1[N+](=O)[O-]. The van der Waals surface area contributed by atoms with Crippen LogP contribution >= 0.6 is 0 Å². The van der Waals surface area contributed by atoms with Crippen LogP contribution in [-0.4, -0.2) is 36.5 Å². The van der Waals surface area contributed by atoms with E-state index >= 15 is 0 Å². The second-order valence-electron chi connectivity index (χ2n) is 6.18. The Balaban J connectivity index is 2.13. The van der Waals surface area contributed by atoms with Crippen LogP contribution in [0.2, 0.25) is 0 Å². The van der Waals surface area contributed by atoms with Crippen LogP contribution in [0.1, 0.15) is 26.3 Å². The Morgan fingerprint density at radius 1 is 1.14 bits per heavy atom. The van der Waals surface area contributed by atoms with Crippen LogP contribution in [-0.2, 0) is 6.54 Å². The predicted molar refractivity (Wildman–Crippen MR) is 98.6 cm³/mol. The fourth-order valence-electron chi connectivity index (χ4n) is 2.55. The summed E-state index contributed by atoms with van der Waals surface area (Å²) in [5.74, 6) is -1.65. The van der Waals surface area contributed by atoms with Gasteiger partial charge in [-0.05, 0) is 29.8 Å². The van der Waals surface area contributed by atoms with Gasteiger partial charge in [-0.1, -0.05) is 12.1 Å². The third-order valence-corrected chi connectivity index (χ3v) is 3.95. The summed E-state index contributed by atoms with van der Waals surface area (Å²) in [4.78, 5) is 35.2. The first-order valence-corrected chi connectivity index (χ1v) is 8.21. The number of anilines is 1. The molecule has 2 amide bonds. The summed E-state index contributed by atoms with van der Waals surface area (Å²) in [5, 5.41) is 13.1. The number of hydrogen-bond acceptors (Lipinski definition) is 5. The topological polar surface area (TPSA) is 119 Å². The van der Waals surface area contributed by atoms with Crippen LogP contribution in [0.4, 0.5) is 24.5 Å². The van der Waals surface area contributed by atoms with Gasteiger partial charge >= 0.3 is 6.18 Å². The average Bonchev–Trinajstić information content (AvgIpc) is 2.65. The molecule has 8 nitrogen and oxygen atoms in total. The van der Waals surface area contributed by atoms with Gasteiger partial charge in [-0.3, -0.25) is 19.7 Å². The molecule has 0 aliphatic heterocycles. The number of benzene rings is 2. The van der Waals surface area contributed by atoms with Crippen molar-refractivity contribution in [3.05, 3.63) is 69.3 Å². The summed E-state index contributed by atoms with van der Waals surface area (Å²) < 4.78 is 36.5. The number of alkyl halides is 3. The van der Waals surface area contributed by atoms with E-state index in [1.807, 2.05) is 0 Å². The molecule has 0 radical (unpaired) electrons. The summed E-state index contributed by atoms with van der Waals surface area (Å²) >= 11 is 0. The summed E-state index contributed by atoms with van der Waals surface area (Å²) in [6.45, 7) is -1.22. The summed E-state index contributed by atoms with van der Waals surface area (Å²) in [6.07, 6.45) is -4.50. The summed E-state index contributed by atoms with van der Waals surface area (Å²) in [5.41, 5.74) is 5.81. The zero-order valence-electron chi connectivity index (χ0n) is 15.2. The van der Waals surface area contributed by atoms with Gasteiger partial charge in [0, 0.05) is 30.8 Å². The fourth-order valence-corrected chi connectivity index (χ4v) is 2.55. The number of rotatable bonds is 7. The number of nitrogens with two attached hydrogens (primary N) is 1. The van der Waals surface area contributed by atoms with E-state index in [9.17, 15) is 32.9 Å². The highest BCUT2D eigenvalue weighted by atomic mass is 19.4. The average molecular weight is 410 g/mol. The van der Waals surface area contributed by atoms with Crippen molar-refractivity contribution < 1.29 is 27.7 Å². The Morgan fingerprint density at radius 2 is 1.72 bits per heavy atom. The molecule has 2 rings (SSSR count). The van der Waals surface area contributed by atoms with E-state index in [1.54, 1.807) is 17.3 Å². The molecule has 0 heterocycles. The van der Waals surface area contributed by atoms with Crippen LogP contribution in [0.5, 0.6) is 0 Å². The number of halogens is 3. The Morgan fingerprint density at radius 3 is 2.24 bits per heavy atom. The number of nitrogens with zero attached hydrogens (tertiary/aromatic N) is 2. The molecular formula is C18H17F3N4O4. The molecule has 0 aromatic heterocycles. The van der Waals surface area contributed by atoms with E-state index in [1.165, 1.54) is 36.4 Å². The van der Waals surface area contributed by atoms with E-state index in [0.29, 0.717) is 5.56 Å². The normalized spacial score (nSPS) is 11.0. The molecule has 0 bridgehead atoms. The van der Waals surface area contributed by atoms with Crippen molar-refractivity contribution in [2.75, 3.05) is 18.5 Å². The molecule has 0 saturated carbocycles. The lowest BCUT2D eigenvalue weighted by atomic mass is 10.1. The zero-order valence-corrected chi connectivity index (χ0v) is 15.2. The first kappa shape index (κ1) is 21.7. The first-order chi connectivity index (χ1) is 13.5. The highest BCUT2D eigenvalue weighted by Crippen LogP contribution is 2.29. The molecule has 0 spiro atoms. The largest absolute Gasteiger partial charge is 0.405 e. The Bertz CT molecular complexity index is 930. The third-order valence-electron chi connectivity index (χ3n) is 3.95. The second kappa shape index (κ2) is 8.59. The molecule has 11 heteroatoms. The molecule has 3 N–H and O–H groups in total. The minimum absolute atomic E-state index is 0.00284. The predicted octanol–water partition coefficient (Wildman–Crippen LogP) is 2.62. The van der Waals surface area contributed by atoms with Gasteiger partial charge in [-0.25, -0.2) is 0 Å². The van der Waals surface area contributed by atoms with Crippen LogP contribution in [0.25, 0.3) is 0 Å². The Hall–Kier alpha value is -3.63. The van der Waals surface area contributed by atoms with Crippen molar-refractivity contribution in [2.24, 2.45) is 5.73 Å². The Kier molecular flexibility index (Phi) is 6.42. The van der Waals surface area contributed by atoms with E-state index in [-0.39, 0.29) is 29.0 Å². The van der Waals surface area contributed by atoms with E-state index in [2.05, 4.69) is 0 Å². The van der Waals surface area contributed by atoms with E-state index in [0.717, 1.165) is 6.07 Å². The number of hydrogen-bond donors (Lipinski definition) is 2. The molecular weight excluding hydrogens is 393 g/mol. The minimum atomic E-state index is -4.50. The molecule has 0 saturated heterocycles. The molecule has 154 valence electrons. The number of nitrogens with one attached hydrogen (secondary N) is 1. The quantitative estimate of drug-likeness (QED) is 0.537. The Labute approximate surface area is 163 Å². The van der Waals surface area contributed by atoms with Crippen molar-refractivity contribution in [2.45, 2.75) is 12.7 Å². The lowest BCUT2D eigenvalue weighted by Gasteiger charge is -2.19. The van der Waals surface area contributed by atoms with Gasteiger partial charge < -0.3 is 16.0 Å². The zero-order chi connectivity index (χ0) is 21.8. The highest BCUT2D eigenvalue weighted by molar-refractivity contribution is 5.95. The molecule has 0 fully saturated rings. The smallest absolute Gasteiger partial charge is 0.366 e. The monoisotopic (exact) mass is 410 g/mol. The van der Waals surface area contributed by atoms with Crippen molar-refractivity contribution in [1.29, 1.82) is 0 Å². The molecule has 0 unspecified atom stereocenters.